The molecule has 0 saturated carbocycles. The number of hydrogen-bond donors (Lipinski definition) is 0. The highest BCUT2D eigenvalue weighted by Crippen LogP contribution is 2.29. The highest BCUT2D eigenvalue weighted by atomic mass is 35.5. The monoisotopic (exact) mass is 271 g/mol. The van der Waals surface area contributed by atoms with Crippen molar-refractivity contribution in [3.63, 3.8) is 0 Å². The van der Waals surface area contributed by atoms with Crippen LogP contribution in [0.4, 0.5) is 0 Å². The summed E-state index contributed by atoms with van der Waals surface area (Å²) in [5, 5.41) is 0.830. The predicted octanol–water partition coefficient (Wildman–Crippen LogP) is 4.60. The highest BCUT2D eigenvalue weighted by molar-refractivity contribution is 6.33. The molecule has 98 valence electrons. The van der Waals surface area contributed by atoms with Crippen LogP contribution >= 0.6 is 11.6 Å². The summed E-state index contributed by atoms with van der Waals surface area (Å²) in [4.78, 5) is 2.51. The molecule has 1 heterocycles. The molecule has 0 N–H and O–H groups in total. The maximum absolute atomic E-state index is 6.33. The third-order valence-electron chi connectivity index (χ3n) is 3.72. The lowest BCUT2D eigenvalue weighted by atomic mass is 10.0. The first-order valence-corrected chi connectivity index (χ1v) is 7.27. The van der Waals surface area contributed by atoms with Gasteiger partial charge in [0, 0.05) is 17.1 Å². The molecule has 1 saturated heterocycles. The van der Waals surface area contributed by atoms with Gasteiger partial charge in [-0.25, -0.2) is 0 Å². The van der Waals surface area contributed by atoms with E-state index in [4.69, 9.17) is 11.6 Å². The molecule has 0 spiro atoms. The normalized spacial score (nSPS) is 15.8. The average Bonchev–Trinajstić information content (AvgIpc) is 2.95. The van der Waals surface area contributed by atoms with Crippen molar-refractivity contribution in [3.05, 3.63) is 59.1 Å². The lowest BCUT2D eigenvalue weighted by Gasteiger charge is -2.15. The van der Waals surface area contributed by atoms with Crippen LogP contribution in [0.2, 0.25) is 5.02 Å². The molecule has 2 aromatic carbocycles. The van der Waals surface area contributed by atoms with Crippen molar-refractivity contribution in [3.8, 4) is 11.1 Å². The number of nitrogens with zero attached hydrogens (tertiary/aromatic N) is 1. The Morgan fingerprint density at radius 1 is 0.947 bits per heavy atom. The van der Waals surface area contributed by atoms with Gasteiger partial charge in [-0.05, 0) is 49.2 Å². The molecule has 0 radical (unpaired) electrons. The van der Waals surface area contributed by atoms with Gasteiger partial charge in [0.15, 0.2) is 0 Å². The fourth-order valence-corrected chi connectivity index (χ4v) is 2.94. The zero-order chi connectivity index (χ0) is 13.1. The highest BCUT2D eigenvalue weighted by Gasteiger charge is 2.12. The molecule has 0 bridgehead atoms. The van der Waals surface area contributed by atoms with Gasteiger partial charge in [0.25, 0.3) is 0 Å². The summed E-state index contributed by atoms with van der Waals surface area (Å²) in [5.74, 6) is 0. The second-order valence-corrected chi connectivity index (χ2v) is 5.57. The molecule has 0 aromatic heterocycles. The Labute approximate surface area is 119 Å². The van der Waals surface area contributed by atoms with Crippen molar-refractivity contribution in [1.29, 1.82) is 0 Å². The van der Waals surface area contributed by atoms with Crippen molar-refractivity contribution in [2.75, 3.05) is 13.1 Å². The van der Waals surface area contributed by atoms with Gasteiger partial charge in [0.2, 0.25) is 0 Å². The minimum Gasteiger partial charge on any atom is -0.299 e. The van der Waals surface area contributed by atoms with Gasteiger partial charge in [0.05, 0.1) is 0 Å². The third kappa shape index (κ3) is 2.99. The van der Waals surface area contributed by atoms with Crippen molar-refractivity contribution in [2.24, 2.45) is 0 Å². The molecule has 0 aliphatic carbocycles. The molecule has 1 nitrogen and oxygen atoms in total. The first-order valence-electron chi connectivity index (χ1n) is 6.89. The summed E-state index contributed by atoms with van der Waals surface area (Å²) in [7, 11) is 0. The number of hydrogen-bond acceptors (Lipinski definition) is 1. The quantitative estimate of drug-likeness (QED) is 0.788. The fraction of sp³-hybridized carbons (Fsp3) is 0.294. The van der Waals surface area contributed by atoms with Crippen LogP contribution in [0.15, 0.2) is 48.5 Å². The van der Waals surface area contributed by atoms with Crippen molar-refractivity contribution in [1.82, 2.24) is 4.90 Å². The summed E-state index contributed by atoms with van der Waals surface area (Å²) in [5.41, 5.74) is 3.68. The minimum absolute atomic E-state index is 0.830. The predicted molar refractivity (Wildman–Crippen MR) is 81.4 cm³/mol. The first kappa shape index (κ1) is 12.7. The standard InChI is InChI=1S/C17H18ClN/c18-17-9-8-14(13-19-10-4-5-11-19)12-16(17)15-6-2-1-3-7-15/h1-3,6-9,12H,4-5,10-11,13H2. The van der Waals surface area contributed by atoms with Crippen LogP contribution in [0.5, 0.6) is 0 Å². The second-order valence-electron chi connectivity index (χ2n) is 5.16. The van der Waals surface area contributed by atoms with Crippen molar-refractivity contribution in [2.45, 2.75) is 19.4 Å². The Bertz CT molecular complexity index is 544. The Hall–Kier alpha value is -1.31. The van der Waals surface area contributed by atoms with E-state index >= 15 is 0 Å². The molecule has 2 heteroatoms. The molecule has 1 fully saturated rings. The maximum Gasteiger partial charge on any atom is 0.0484 e. The van der Waals surface area contributed by atoms with Crippen LogP contribution in [-0.4, -0.2) is 18.0 Å². The van der Waals surface area contributed by atoms with E-state index < -0.39 is 0 Å². The molecule has 0 amide bonds. The Balaban J connectivity index is 1.87. The summed E-state index contributed by atoms with van der Waals surface area (Å²) in [6, 6.07) is 16.8. The molecule has 19 heavy (non-hydrogen) atoms. The maximum atomic E-state index is 6.33. The average molecular weight is 272 g/mol. The molecule has 1 aliphatic rings. The summed E-state index contributed by atoms with van der Waals surface area (Å²) in [6.45, 7) is 3.49. The van der Waals surface area contributed by atoms with Crippen LogP contribution in [0, 0.1) is 0 Å². The summed E-state index contributed by atoms with van der Waals surface area (Å²) >= 11 is 6.33. The number of rotatable bonds is 3. The first-order chi connectivity index (χ1) is 9.33. The largest absolute Gasteiger partial charge is 0.299 e. The summed E-state index contributed by atoms with van der Waals surface area (Å²) in [6.07, 6.45) is 2.66. The molecule has 0 atom stereocenters. The van der Waals surface area contributed by atoms with Gasteiger partial charge >= 0.3 is 0 Å². The van der Waals surface area contributed by atoms with Crippen LogP contribution < -0.4 is 0 Å². The Kier molecular flexibility index (Phi) is 3.86. The zero-order valence-electron chi connectivity index (χ0n) is 11.0. The lowest BCUT2D eigenvalue weighted by molar-refractivity contribution is 0.331. The van der Waals surface area contributed by atoms with Gasteiger partial charge in [0.1, 0.15) is 0 Å². The number of likely N-dealkylation sites (tertiary alicyclic amines) is 1. The van der Waals surface area contributed by atoms with E-state index in [0.717, 1.165) is 17.1 Å². The second kappa shape index (κ2) is 5.77. The van der Waals surface area contributed by atoms with E-state index in [2.05, 4.69) is 41.3 Å². The molecular formula is C17H18ClN. The van der Waals surface area contributed by atoms with Gasteiger partial charge in [-0.1, -0.05) is 48.0 Å². The minimum atomic E-state index is 0.830. The van der Waals surface area contributed by atoms with E-state index in [9.17, 15) is 0 Å². The molecule has 3 rings (SSSR count). The molecule has 0 unspecified atom stereocenters. The molecule has 1 aliphatic heterocycles. The van der Waals surface area contributed by atoms with E-state index in [1.165, 1.54) is 37.1 Å². The van der Waals surface area contributed by atoms with Crippen molar-refractivity contribution < 1.29 is 0 Å². The Morgan fingerprint density at radius 2 is 1.68 bits per heavy atom. The third-order valence-corrected chi connectivity index (χ3v) is 4.05. The molecule has 2 aromatic rings. The summed E-state index contributed by atoms with van der Waals surface area (Å²) < 4.78 is 0. The van der Waals surface area contributed by atoms with Gasteiger partial charge < -0.3 is 0 Å². The fourth-order valence-electron chi connectivity index (χ4n) is 2.71. The van der Waals surface area contributed by atoms with Gasteiger partial charge in [-0.2, -0.15) is 0 Å². The lowest BCUT2D eigenvalue weighted by Crippen LogP contribution is -2.18. The smallest absolute Gasteiger partial charge is 0.0484 e. The van der Waals surface area contributed by atoms with E-state index in [1.807, 2.05) is 12.1 Å². The number of benzene rings is 2. The van der Waals surface area contributed by atoms with Crippen LogP contribution in [-0.2, 0) is 6.54 Å². The van der Waals surface area contributed by atoms with E-state index in [0.29, 0.717) is 0 Å². The van der Waals surface area contributed by atoms with E-state index in [1.54, 1.807) is 0 Å². The van der Waals surface area contributed by atoms with Crippen LogP contribution in [0.25, 0.3) is 11.1 Å². The van der Waals surface area contributed by atoms with Crippen LogP contribution in [0.3, 0.4) is 0 Å². The zero-order valence-corrected chi connectivity index (χ0v) is 11.7. The van der Waals surface area contributed by atoms with Gasteiger partial charge in [-0.15, -0.1) is 0 Å². The van der Waals surface area contributed by atoms with E-state index in [-0.39, 0.29) is 0 Å². The Morgan fingerprint density at radius 3 is 2.42 bits per heavy atom. The topological polar surface area (TPSA) is 3.24 Å². The number of halogens is 1. The van der Waals surface area contributed by atoms with Crippen LogP contribution in [0.1, 0.15) is 18.4 Å². The van der Waals surface area contributed by atoms with Crippen molar-refractivity contribution >= 4 is 11.6 Å². The SMILES string of the molecule is Clc1ccc(CN2CCCC2)cc1-c1ccccc1. The van der Waals surface area contributed by atoms with Gasteiger partial charge in [-0.3, -0.25) is 4.90 Å². The molecular weight excluding hydrogens is 254 g/mol.